The predicted molar refractivity (Wildman–Crippen MR) is 205 cm³/mol. The van der Waals surface area contributed by atoms with E-state index in [1.165, 1.54) is 49.0 Å². The molecule has 1 aliphatic rings. The molecule has 8 aromatic carbocycles. The van der Waals surface area contributed by atoms with E-state index in [9.17, 15) is 4.79 Å². The molecule has 3 nitrogen and oxygen atoms in total. The van der Waals surface area contributed by atoms with Crippen LogP contribution in [0.25, 0.3) is 54.2 Å². The van der Waals surface area contributed by atoms with Crippen LogP contribution in [0.15, 0.2) is 146 Å². The Morgan fingerprint density at radius 1 is 0.571 bits per heavy atom. The fourth-order valence-electron chi connectivity index (χ4n) is 8.09. The van der Waals surface area contributed by atoms with Gasteiger partial charge in [0.2, 0.25) is 0 Å². The molecule has 0 unspecified atom stereocenters. The van der Waals surface area contributed by atoms with Gasteiger partial charge in [-0.1, -0.05) is 117 Å². The summed E-state index contributed by atoms with van der Waals surface area (Å²) in [7, 11) is 0. The van der Waals surface area contributed by atoms with Crippen molar-refractivity contribution in [3.05, 3.63) is 162 Å². The Kier molecular flexibility index (Phi) is 6.60. The van der Waals surface area contributed by atoms with Crippen molar-refractivity contribution in [2.24, 2.45) is 0 Å². The number of carbonyl (C=O) groups excluding carboxylic acids is 1. The second-order valence-electron chi connectivity index (χ2n) is 13.5. The van der Waals surface area contributed by atoms with Crippen LogP contribution in [0.2, 0.25) is 0 Å². The second-order valence-corrected chi connectivity index (χ2v) is 13.5. The summed E-state index contributed by atoms with van der Waals surface area (Å²) in [6.07, 6.45) is 0. The highest BCUT2D eigenvalue weighted by molar-refractivity contribution is 6.14. The molecule has 9 rings (SSSR count). The number of hydrogen-bond donors (Lipinski definition) is 0. The fraction of sp³-hybridized carbons (Fsp3) is 0.109. The minimum absolute atomic E-state index is 0.273. The summed E-state index contributed by atoms with van der Waals surface area (Å²) in [6.45, 7) is 6.77. The van der Waals surface area contributed by atoms with E-state index < -0.39 is 0 Å². The highest BCUT2D eigenvalue weighted by Gasteiger charge is 2.39. The van der Waals surface area contributed by atoms with Crippen LogP contribution in [-0.4, -0.2) is 12.6 Å². The van der Waals surface area contributed by atoms with Crippen LogP contribution < -0.4 is 4.90 Å². The highest BCUT2D eigenvalue weighted by atomic mass is 16.5. The number of benzene rings is 8. The molecule has 49 heavy (non-hydrogen) atoms. The first-order valence-electron chi connectivity index (χ1n) is 17.0. The molecule has 1 aliphatic carbocycles. The highest BCUT2D eigenvalue weighted by Crippen LogP contribution is 2.54. The first-order chi connectivity index (χ1) is 23.9. The van der Waals surface area contributed by atoms with Crippen LogP contribution in [-0.2, 0) is 10.2 Å². The molecule has 0 atom stereocenters. The largest absolute Gasteiger partial charge is 0.462 e. The first-order valence-corrected chi connectivity index (χ1v) is 17.0. The van der Waals surface area contributed by atoms with Crippen molar-refractivity contribution in [3.63, 3.8) is 0 Å². The van der Waals surface area contributed by atoms with Crippen LogP contribution in [0.1, 0.15) is 42.3 Å². The zero-order valence-corrected chi connectivity index (χ0v) is 27.8. The molecule has 0 heterocycles. The van der Waals surface area contributed by atoms with E-state index >= 15 is 0 Å². The quantitative estimate of drug-likeness (QED) is 0.177. The van der Waals surface area contributed by atoms with Crippen LogP contribution >= 0.6 is 0 Å². The molecule has 0 aromatic heterocycles. The number of esters is 1. The molecule has 8 aromatic rings. The van der Waals surface area contributed by atoms with Crippen LogP contribution in [0, 0.1) is 0 Å². The molecule has 0 saturated carbocycles. The van der Waals surface area contributed by atoms with E-state index in [0.29, 0.717) is 12.2 Å². The molecule has 0 spiro atoms. The summed E-state index contributed by atoms with van der Waals surface area (Å²) in [5.74, 6) is -0.273. The maximum Gasteiger partial charge on any atom is 0.338 e. The molecule has 0 saturated heterocycles. The van der Waals surface area contributed by atoms with E-state index in [0.717, 1.165) is 33.4 Å². The van der Waals surface area contributed by atoms with Gasteiger partial charge in [-0.25, -0.2) is 4.79 Å². The van der Waals surface area contributed by atoms with Gasteiger partial charge in [0.1, 0.15) is 0 Å². The number of carbonyl (C=O) groups is 1. The molecule has 0 aliphatic heterocycles. The van der Waals surface area contributed by atoms with Crippen molar-refractivity contribution >= 4 is 66.1 Å². The van der Waals surface area contributed by atoms with Crippen molar-refractivity contribution < 1.29 is 9.53 Å². The summed E-state index contributed by atoms with van der Waals surface area (Å²) in [5.41, 5.74) is 8.52. The van der Waals surface area contributed by atoms with Crippen LogP contribution in [0.4, 0.5) is 17.1 Å². The maximum absolute atomic E-state index is 13.2. The molecule has 0 fully saturated rings. The van der Waals surface area contributed by atoms with E-state index in [4.69, 9.17) is 4.74 Å². The van der Waals surface area contributed by atoms with Gasteiger partial charge in [-0.3, -0.25) is 0 Å². The van der Waals surface area contributed by atoms with Crippen molar-refractivity contribution in [1.29, 1.82) is 0 Å². The van der Waals surface area contributed by atoms with Gasteiger partial charge in [0, 0.05) is 22.5 Å². The molecule has 0 amide bonds. The molecular weight excluding hydrogens is 599 g/mol. The van der Waals surface area contributed by atoms with Crippen LogP contribution in [0.3, 0.4) is 0 Å². The van der Waals surface area contributed by atoms with E-state index in [-0.39, 0.29) is 11.4 Å². The third kappa shape index (κ3) is 4.53. The lowest BCUT2D eigenvalue weighted by Crippen LogP contribution is -2.17. The zero-order valence-electron chi connectivity index (χ0n) is 27.8. The Morgan fingerprint density at radius 3 is 1.73 bits per heavy atom. The van der Waals surface area contributed by atoms with Gasteiger partial charge < -0.3 is 9.64 Å². The lowest BCUT2D eigenvalue weighted by Gasteiger charge is -2.27. The average Bonchev–Trinajstić information content (AvgIpc) is 3.37. The molecule has 236 valence electrons. The maximum atomic E-state index is 13.2. The smallest absolute Gasteiger partial charge is 0.338 e. The van der Waals surface area contributed by atoms with Crippen molar-refractivity contribution in [2.75, 3.05) is 11.5 Å². The number of ether oxygens (including phenoxy) is 1. The Balaban J connectivity index is 1.24. The normalized spacial score (nSPS) is 13.1. The fourth-order valence-corrected chi connectivity index (χ4v) is 8.09. The molecule has 0 N–H and O–H groups in total. The summed E-state index contributed by atoms with van der Waals surface area (Å²) in [4.78, 5) is 15.6. The van der Waals surface area contributed by atoms with Gasteiger partial charge in [-0.15, -0.1) is 0 Å². The SMILES string of the molecule is CCOC(=O)c1cc2c(c3ccccc13)-c1ccc3cc(N(c4ccc5ccccc5c4)c4ccc5ccccc5c4)ccc3c1C2(C)C. The average molecular weight is 634 g/mol. The third-order valence-corrected chi connectivity index (χ3v) is 10.4. The van der Waals surface area contributed by atoms with Crippen molar-refractivity contribution in [2.45, 2.75) is 26.2 Å². The van der Waals surface area contributed by atoms with Crippen LogP contribution in [0.5, 0.6) is 0 Å². The lowest BCUT2D eigenvalue weighted by atomic mass is 9.79. The predicted octanol–water partition coefficient (Wildman–Crippen LogP) is 12.3. The number of nitrogens with zero attached hydrogens (tertiary/aromatic N) is 1. The zero-order chi connectivity index (χ0) is 33.3. The topological polar surface area (TPSA) is 29.5 Å². The number of rotatable bonds is 5. The Hall–Kier alpha value is -5.93. The number of anilines is 3. The lowest BCUT2D eigenvalue weighted by molar-refractivity contribution is 0.0528. The Bertz CT molecular complexity index is 2550. The Labute approximate surface area is 286 Å². The van der Waals surface area contributed by atoms with E-state index in [2.05, 4.69) is 152 Å². The number of fused-ring (bicyclic) bond motifs is 9. The first kappa shape index (κ1) is 29.2. The van der Waals surface area contributed by atoms with Crippen molar-refractivity contribution in [1.82, 2.24) is 0 Å². The minimum atomic E-state index is -0.326. The summed E-state index contributed by atoms with van der Waals surface area (Å²) in [6, 6.07) is 52.2. The summed E-state index contributed by atoms with van der Waals surface area (Å²) < 4.78 is 5.52. The van der Waals surface area contributed by atoms with Gasteiger partial charge in [0.25, 0.3) is 0 Å². The Morgan fingerprint density at radius 2 is 1.10 bits per heavy atom. The van der Waals surface area contributed by atoms with Gasteiger partial charge in [-0.2, -0.15) is 0 Å². The van der Waals surface area contributed by atoms with Gasteiger partial charge in [0.05, 0.1) is 12.2 Å². The number of hydrogen-bond acceptors (Lipinski definition) is 3. The van der Waals surface area contributed by atoms with Gasteiger partial charge in [0.15, 0.2) is 0 Å². The van der Waals surface area contributed by atoms with Gasteiger partial charge >= 0.3 is 5.97 Å². The van der Waals surface area contributed by atoms with Crippen molar-refractivity contribution in [3.8, 4) is 11.1 Å². The molecule has 0 bridgehead atoms. The third-order valence-electron chi connectivity index (χ3n) is 10.4. The second kappa shape index (κ2) is 11.1. The van der Waals surface area contributed by atoms with Gasteiger partial charge in [-0.05, 0) is 115 Å². The summed E-state index contributed by atoms with van der Waals surface area (Å²) >= 11 is 0. The monoisotopic (exact) mass is 633 g/mol. The minimum Gasteiger partial charge on any atom is -0.462 e. The standard InChI is InChI=1S/C46H35NO2/c1-4-49-45(48)41-28-42-43(39-16-10-9-15-38(39)41)40-23-19-33-27-36(22-24-37(33)44(40)46(42,2)3)47(34-20-17-29-11-5-7-13-31(29)25-34)35-21-18-30-12-6-8-14-32(30)26-35/h5-28H,4H2,1-3H3. The van der Waals surface area contributed by atoms with E-state index in [1.807, 2.05) is 19.1 Å². The molecule has 3 heteroatoms. The molecule has 0 radical (unpaired) electrons. The summed E-state index contributed by atoms with van der Waals surface area (Å²) in [5, 5.41) is 9.28. The molecular formula is C46H35NO2. The van der Waals surface area contributed by atoms with E-state index in [1.54, 1.807) is 0 Å².